The fraction of sp³-hybridized carbons (Fsp3) is 0.429. The predicted octanol–water partition coefficient (Wildman–Crippen LogP) is 0.0223. The standard InChI is InChI=1S/C14H16N2O3/c17-8-2-3-11-9-15-6-5-13(11)14(19)16-7-1-4-12(16)10-18/h5-6,9,12,17-18H,1,4,7-8,10H2. The summed E-state index contributed by atoms with van der Waals surface area (Å²) in [7, 11) is 0. The van der Waals surface area contributed by atoms with E-state index < -0.39 is 0 Å². The van der Waals surface area contributed by atoms with Crippen LogP contribution >= 0.6 is 0 Å². The van der Waals surface area contributed by atoms with Gasteiger partial charge in [0.25, 0.3) is 5.91 Å². The molecule has 0 bridgehead atoms. The van der Waals surface area contributed by atoms with Gasteiger partial charge in [-0.1, -0.05) is 11.8 Å². The molecule has 1 aliphatic heterocycles. The van der Waals surface area contributed by atoms with Gasteiger partial charge in [0, 0.05) is 18.9 Å². The fourth-order valence-corrected chi connectivity index (χ4v) is 2.26. The number of rotatable bonds is 2. The summed E-state index contributed by atoms with van der Waals surface area (Å²) in [5, 5.41) is 18.0. The van der Waals surface area contributed by atoms with E-state index in [9.17, 15) is 9.90 Å². The Labute approximate surface area is 111 Å². The molecule has 1 saturated heterocycles. The lowest BCUT2D eigenvalue weighted by Crippen LogP contribution is -2.38. The van der Waals surface area contributed by atoms with Crippen LogP contribution < -0.4 is 0 Å². The largest absolute Gasteiger partial charge is 0.394 e. The highest BCUT2D eigenvalue weighted by Crippen LogP contribution is 2.20. The maximum absolute atomic E-state index is 12.5. The minimum Gasteiger partial charge on any atom is -0.394 e. The van der Waals surface area contributed by atoms with E-state index in [0.717, 1.165) is 12.8 Å². The van der Waals surface area contributed by atoms with Crippen LogP contribution in [0.25, 0.3) is 0 Å². The van der Waals surface area contributed by atoms with Crippen molar-refractivity contribution in [3.8, 4) is 11.8 Å². The van der Waals surface area contributed by atoms with Crippen LogP contribution in [0.15, 0.2) is 18.5 Å². The Morgan fingerprint density at radius 2 is 2.37 bits per heavy atom. The van der Waals surface area contributed by atoms with Crippen molar-refractivity contribution in [2.75, 3.05) is 19.8 Å². The number of aliphatic hydroxyl groups is 2. The second kappa shape index (κ2) is 6.32. The van der Waals surface area contributed by atoms with Crippen molar-refractivity contribution in [2.24, 2.45) is 0 Å². The zero-order chi connectivity index (χ0) is 13.7. The highest BCUT2D eigenvalue weighted by Gasteiger charge is 2.29. The quantitative estimate of drug-likeness (QED) is 0.735. The summed E-state index contributed by atoms with van der Waals surface area (Å²) in [4.78, 5) is 18.1. The van der Waals surface area contributed by atoms with E-state index >= 15 is 0 Å². The number of aromatic nitrogens is 1. The normalized spacial score (nSPS) is 18.0. The Bertz CT molecular complexity index is 519. The molecule has 1 aliphatic rings. The first-order valence-electron chi connectivity index (χ1n) is 6.23. The summed E-state index contributed by atoms with van der Waals surface area (Å²) in [6.07, 6.45) is 4.78. The van der Waals surface area contributed by atoms with Crippen molar-refractivity contribution in [1.82, 2.24) is 9.88 Å². The van der Waals surface area contributed by atoms with Gasteiger partial charge in [-0.2, -0.15) is 0 Å². The fourth-order valence-electron chi connectivity index (χ4n) is 2.26. The average Bonchev–Trinajstić information content (AvgIpc) is 2.93. The van der Waals surface area contributed by atoms with Gasteiger partial charge >= 0.3 is 0 Å². The number of pyridine rings is 1. The van der Waals surface area contributed by atoms with Crippen molar-refractivity contribution in [1.29, 1.82) is 0 Å². The molecule has 0 radical (unpaired) electrons. The van der Waals surface area contributed by atoms with Gasteiger partial charge in [0.15, 0.2) is 0 Å². The molecule has 0 saturated carbocycles. The van der Waals surface area contributed by atoms with Crippen molar-refractivity contribution in [2.45, 2.75) is 18.9 Å². The third kappa shape index (κ3) is 2.92. The highest BCUT2D eigenvalue weighted by atomic mass is 16.3. The second-order valence-electron chi connectivity index (χ2n) is 4.36. The van der Waals surface area contributed by atoms with Gasteiger partial charge in [-0.3, -0.25) is 9.78 Å². The molecule has 1 atom stereocenters. The zero-order valence-corrected chi connectivity index (χ0v) is 10.5. The lowest BCUT2D eigenvalue weighted by Gasteiger charge is -2.23. The summed E-state index contributed by atoms with van der Waals surface area (Å²) in [5.41, 5.74) is 0.974. The molecule has 1 unspecified atom stereocenters. The molecular formula is C14H16N2O3. The summed E-state index contributed by atoms with van der Waals surface area (Å²) >= 11 is 0. The monoisotopic (exact) mass is 260 g/mol. The van der Waals surface area contributed by atoms with Crippen LogP contribution in [0, 0.1) is 11.8 Å². The van der Waals surface area contributed by atoms with Crippen LogP contribution in [-0.2, 0) is 0 Å². The Hall–Kier alpha value is -1.90. The van der Waals surface area contributed by atoms with Crippen molar-refractivity contribution in [3.05, 3.63) is 29.6 Å². The molecule has 1 fully saturated rings. The minimum absolute atomic E-state index is 0.0194. The van der Waals surface area contributed by atoms with Gasteiger partial charge in [0.1, 0.15) is 6.61 Å². The molecule has 2 heterocycles. The summed E-state index contributed by atoms with van der Waals surface area (Å²) in [6, 6.07) is 1.51. The lowest BCUT2D eigenvalue weighted by atomic mass is 10.1. The number of aliphatic hydroxyl groups excluding tert-OH is 2. The molecule has 0 aromatic carbocycles. The number of likely N-dealkylation sites (tertiary alicyclic amines) is 1. The van der Waals surface area contributed by atoms with E-state index in [1.54, 1.807) is 17.2 Å². The van der Waals surface area contributed by atoms with Crippen LogP contribution in [0.5, 0.6) is 0 Å². The van der Waals surface area contributed by atoms with E-state index in [1.807, 2.05) is 0 Å². The third-order valence-corrected chi connectivity index (χ3v) is 3.20. The molecule has 1 aromatic heterocycles. The first kappa shape index (κ1) is 13.5. The van der Waals surface area contributed by atoms with Crippen molar-refractivity contribution < 1.29 is 15.0 Å². The molecule has 0 spiro atoms. The van der Waals surface area contributed by atoms with Gasteiger partial charge in [0.2, 0.25) is 0 Å². The molecule has 2 rings (SSSR count). The summed E-state index contributed by atoms with van der Waals surface area (Å²) in [5.74, 6) is 5.11. The Morgan fingerprint density at radius 1 is 1.53 bits per heavy atom. The van der Waals surface area contributed by atoms with E-state index in [2.05, 4.69) is 16.8 Å². The SMILES string of the molecule is O=C(c1ccncc1C#CCO)N1CCCC1CO. The maximum atomic E-state index is 12.5. The number of hydrogen-bond donors (Lipinski definition) is 2. The molecule has 5 nitrogen and oxygen atoms in total. The predicted molar refractivity (Wildman–Crippen MR) is 69.3 cm³/mol. The maximum Gasteiger partial charge on any atom is 0.255 e. The van der Waals surface area contributed by atoms with E-state index in [-0.39, 0.29) is 25.2 Å². The highest BCUT2D eigenvalue weighted by molar-refractivity contribution is 5.97. The van der Waals surface area contributed by atoms with E-state index in [4.69, 9.17) is 5.11 Å². The second-order valence-corrected chi connectivity index (χ2v) is 4.36. The topological polar surface area (TPSA) is 73.7 Å². The molecular weight excluding hydrogens is 244 g/mol. The van der Waals surface area contributed by atoms with Gasteiger partial charge in [0.05, 0.1) is 23.8 Å². The van der Waals surface area contributed by atoms with E-state index in [0.29, 0.717) is 17.7 Å². The Kier molecular flexibility index (Phi) is 4.50. The van der Waals surface area contributed by atoms with Gasteiger partial charge in [-0.15, -0.1) is 0 Å². The molecule has 0 aliphatic carbocycles. The molecule has 19 heavy (non-hydrogen) atoms. The summed E-state index contributed by atoms with van der Waals surface area (Å²) < 4.78 is 0. The molecule has 2 N–H and O–H groups in total. The smallest absolute Gasteiger partial charge is 0.255 e. The van der Waals surface area contributed by atoms with E-state index in [1.165, 1.54) is 6.20 Å². The van der Waals surface area contributed by atoms with Crippen molar-refractivity contribution >= 4 is 5.91 Å². The molecule has 1 aromatic rings. The molecule has 5 heteroatoms. The van der Waals surface area contributed by atoms with Crippen LogP contribution in [0.1, 0.15) is 28.8 Å². The first-order chi connectivity index (χ1) is 9.27. The average molecular weight is 260 g/mol. The number of hydrogen-bond acceptors (Lipinski definition) is 4. The molecule has 100 valence electrons. The van der Waals surface area contributed by atoms with Crippen molar-refractivity contribution in [3.63, 3.8) is 0 Å². The Balaban J connectivity index is 2.28. The Morgan fingerprint density at radius 3 is 3.11 bits per heavy atom. The van der Waals surface area contributed by atoms with Crippen LogP contribution in [-0.4, -0.2) is 51.8 Å². The van der Waals surface area contributed by atoms with Gasteiger partial charge in [-0.05, 0) is 18.9 Å². The van der Waals surface area contributed by atoms with Crippen LogP contribution in [0.2, 0.25) is 0 Å². The summed E-state index contributed by atoms with van der Waals surface area (Å²) in [6.45, 7) is 0.374. The minimum atomic E-state index is -0.258. The number of carbonyl (C=O) groups is 1. The zero-order valence-electron chi connectivity index (χ0n) is 10.5. The lowest BCUT2D eigenvalue weighted by molar-refractivity contribution is 0.0677. The van der Waals surface area contributed by atoms with Gasteiger partial charge in [-0.25, -0.2) is 0 Å². The molecule has 1 amide bonds. The first-order valence-corrected chi connectivity index (χ1v) is 6.23. The van der Waals surface area contributed by atoms with Crippen LogP contribution in [0.3, 0.4) is 0 Å². The number of carbonyl (C=O) groups excluding carboxylic acids is 1. The third-order valence-electron chi connectivity index (χ3n) is 3.20. The van der Waals surface area contributed by atoms with Crippen LogP contribution in [0.4, 0.5) is 0 Å². The van der Waals surface area contributed by atoms with Gasteiger partial charge < -0.3 is 15.1 Å². The number of amides is 1. The number of nitrogens with zero attached hydrogens (tertiary/aromatic N) is 2.